The molecule has 1 aliphatic heterocycles. The van der Waals surface area contributed by atoms with E-state index in [0.29, 0.717) is 12.1 Å². The SMILES string of the molecule is CCCC[C@@H](C=O)NCCc1ccc(C(=O)N2CCCCC2OCOC)cc1. The van der Waals surface area contributed by atoms with E-state index < -0.39 is 0 Å². The minimum atomic E-state index is -0.214. The Balaban J connectivity index is 1.86. The van der Waals surface area contributed by atoms with Crippen LogP contribution in [0.1, 0.15) is 61.4 Å². The van der Waals surface area contributed by atoms with Crippen LogP contribution < -0.4 is 5.32 Å². The van der Waals surface area contributed by atoms with Crippen molar-refractivity contribution >= 4 is 12.2 Å². The standard InChI is InChI=1S/C22H34N2O4/c1-3-4-7-20(16-25)23-14-13-18-9-11-19(12-10-18)22(26)24-15-6-5-8-21(24)28-17-27-2/h9-12,16,20-21,23H,3-8,13-15,17H2,1-2H3/t20-,21?/m0/s1. The van der Waals surface area contributed by atoms with E-state index in [1.165, 1.54) is 0 Å². The highest BCUT2D eigenvalue weighted by atomic mass is 16.7. The lowest BCUT2D eigenvalue weighted by Gasteiger charge is -2.35. The van der Waals surface area contributed by atoms with Crippen LogP contribution in [0.2, 0.25) is 0 Å². The maximum Gasteiger partial charge on any atom is 0.255 e. The molecular formula is C22H34N2O4. The number of unbranched alkanes of at least 4 members (excludes halogenated alkanes) is 1. The first-order valence-corrected chi connectivity index (χ1v) is 10.4. The average Bonchev–Trinajstić information content (AvgIpc) is 2.74. The molecular weight excluding hydrogens is 356 g/mol. The molecule has 1 heterocycles. The number of likely N-dealkylation sites (tertiary alicyclic amines) is 1. The van der Waals surface area contributed by atoms with Crippen molar-refractivity contribution in [2.24, 2.45) is 0 Å². The smallest absolute Gasteiger partial charge is 0.255 e. The zero-order valence-electron chi connectivity index (χ0n) is 17.2. The van der Waals surface area contributed by atoms with Gasteiger partial charge >= 0.3 is 0 Å². The number of hydrogen-bond acceptors (Lipinski definition) is 5. The van der Waals surface area contributed by atoms with Crippen LogP contribution in [0.3, 0.4) is 0 Å². The largest absolute Gasteiger partial charge is 0.359 e. The summed E-state index contributed by atoms with van der Waals surface area (Å²) >= 11 is 0. The Labute approximate surface area is 168 Å². The molecule has 1 aromatic carbocycles. The molecule has 0 saturated carbocycles. The fraction of sp³-hybridized carbons (Fsp3) is 0.636. The van der Waals surface area contributed by atoms with Crippen molar-refractivity contribution in [2.45, 2.75) is 64.1 Å². The monoisotopic (exact) mass is 390 g/mol. The highest BCUT2D eigenvalue weighted by molar-refractivity contribution is 5.94. The normalized spacial score (nSPS) is 18.1. The summed E-state index contributed by atoms with van der Waals surface area (Å²) in [6.07, 6.45) is 7.54. The Bertz CT molecular complexity index is 591. The summed E-state index contributed by atoms with van der Waals surface area (Å²) < 4.78 is 10.7. The van der Waals surface area contributed by atoms with Crippen LogP contribution in [-0.2, 0) is 20.7 Å². The van der Waals surface area contributed by atoms with Gasteiger partial charge in [-0.25, -0.2) is 0 Å². The number of benzene rings is 1. The van der Waals surface area contributed by atoms with E-state index in [4.69, 9.17) is 9.47 Å². The lowest BCUT2D eigenvalue weighted by atomic mass is 10.0. The Morgan fingerprint density at radius 1 is 1.32 bits per heavy atom. The number of methoxy groups -OCH3 is 1. The minimum Gasteiger partial charge on any atom is -0.359 e. The number of nitrogens with zero attached hydrogens (tertiary/aromatic N) is 1. The van der Waals surface area contributed by atoms with Crippen LogP contribution in [0.15, 0.2) is 24.3 Å². The quantitative estimate of drug-likeness (QED) is 0.439. The number of amides is 1. The van der Waals surface area contributed by atoms with E-state index in [0.717, 1.165) is 63.3 Å². The summed E-state index contributed by atoms with van der Waals surface area (Å²) in [5, 5.41) is 3.30. The zero-order valence-corrected chi connectivity index (χ0v) is 17.2. The summed E-state index contributed by atoms with van der Waals surface area (Å²) in [5.74, 6) is 0.00561. The molecule has 0 aromatic heterocycles. The van der Waals surface area contributed by atoms with Crippen molar-refractivity contribution in [2.75, 3.05) is 27.0 Å². The van der Waals surface area contributed by atoms with Crippen molar-refractivity contribution in [1.29, 1.82) is 0 Å². The summed E-state index contributed by atoms with van der Waals surface area (Å²) in [4.78, 5) is 25.8. The van der Waals surface area contributed by atoms with Gasteiger partial charge in [-0.2, -0.15) is 0 Å². The Morgan fingerprint density at radius 2 is 2.11 bits per heavy atom. The summed E-state index contributed by atoms with van der Waals surface area (Å²) in [7, 11) is 1.59. The molecule has 0 radical (unpaired) electrons. The molecule has 1 amide bonds. The van der Waals surface area contributed by atoms with Crippen molar-refractivity contribution in [3.05, 3.63) is 35.4 Å². The predicted octanol–water partition coefficient (Wildman–Crippen LogP) is 3.15. The number of hydrogen-bond donors (Lipinski definition) is 1. The van der Waals surface area contributed by atoms with Gasteiger partial charge in [-0.3, -0.25) is 4.79 Å². The minimum absolute atomic E-state index is 0.00561. The fourth-order valence-electron chi connectivity index (χ4n) is 3.48. The van der Waals surface area contributed by atoms with Crippen LogP contribution in [0.25, 0.3) is 0 Å². The third kappa shape index (κ3) is 7.00. The first-order valence-electron chi connectivity index (χ1n) is 10.4. The van der Waals surface area contributed by atoms with Gasteiger partial charge in [0.1, 0.15) is 19.3 Å². The highest BCUT2D eigenvalue weighted by Gasteiger charge is 2.28. The molecule has 6 nitrogen and oxygen atoms in total. The van der Waals surface area contributed by atoms with E-state index >= 15 is 0 Å². The van der Waals surface area contributed by atoms with Gasteiger partial charge in [-0.15, -0.1) is 0 Å². The van der Waals surface area contributed by atoms with Crippen LogP contribution in [0.5, 0.6) is 0 Å². The van der Waals surface area contributed by atoms with Gasteiger partial charge in [0, 0.05) is 19.2 Å². The van der Waals surface area contributed by atoms with Gasteiger partial charge in [0.25, 0.3) is 5.91 Å². The molecule has 0 spiro atoms. The van der Waals surface area contributed by atoms with Crippen molar-refractivity contribution in [3.8, 4) is 0 Å². The molecule has 1 aliphatic rings. The molecule has 28 heavy (non-hydrogen) atoms. The van der Waals surface area contributed by atoms with Crippen molar-refractivity contribution < 1.29 is 19.1 Å². The molecule has 1 N–H and O–H groups in total. The number of rotatable bonds is 12. The second-order valence-corrected chi connectivity index (χ2v) is 7.31. The van der Waals surface area contributed by atoms with Crippen molar-refractivity contribution in [1.82, 2.24) is 10.2 Å². The van der Waals surface area contributed by atoms with Gasteiger partial charge < -0.3 is 24.5 Å². The summed E-state index contributed by atoms with van der Waals surface area (Å²) in [6, 6.07) is 7.68. The van der Waals surface area contributed by atoms with Crippen molar-refractivity contribution in [3.63, 3.8) is 0 Å². The van der Waals surface area contributed by atoms with Crippen LogP contribution in [-0.4, -0.2) is 56.4 Å². The molecule has 1 fully saturated rings. The zero-order chi connectivity index (χ0) is 20.2. The second kappa shape index (κ2) is 12.6. The number of aldehydes is 1. The Kier molecular flexibility index (Phi) is 10.2. The lowest BCUT2D eigenvalue weighted by molar-refractivity contribution is -0.130. The first kappa shape index (κ1) is 22.5. The third-order valence-electron chi connectivity index (χ3n) is 5.14. The molecule has 1 unspecified atom stereocenters. The molecule has 2 rings (SSSR count). The lowest BCUT2D eigenvalue weighted by Crippen LogP contribution is -2.45. The summed E-state index contributed by atoms with van der Waals surface area (Å²) in [5.41, 5.74) is 1.83. The number of nitrogens with one attached hydrogen (secondary N) is 1. The molecule has 0 aliphatic carbocycles. The van der Waals surface area contributed by atoms with E-state index in [2.05, 4.69) is 12.2 Å². The molecule has 156 valence electrons. The predicted molar refractivity (Wildman–Crippen MR) is 109 cm³/mol. The van der Waals surface area contributed by atoms with Gasteiger partial charge in [0.2, 0.25) is 0 Å². The van der Waals surface area contributed by atoms with E-state index in [9.17, 15) is 9.59 Å². The molecule has 0 bridgehead atoms. The van der Waals surface area contributed by atoms with Gasteiger partial charge in [0.05, 0.1) is 6.04 Å². The maximum atomic E-state index is 12.9. The van der Waals surface area contributed by atoms with E-state index in [1.54, 1.807) is 7.11 Å². The summed E-state index contributed by atoms with van der Waals surface area (Å²) in [6.45, 7) is 3.78. The fourth-order valence-corrected chi connectivity index (χ4v) is 3.48. The molecule has 1 aromatic rings. The average molecular weight is 391 g/mol. The van der Waals surface area contributed by atoms with E-state index in [-0.39, 0.29) is 25.0 Å². The molecule has 1 saturated heterocycles. The van der Waals surface area contributed by atoms with Crippen LogP contribution >= 0.6 is 0 Å². The van der Waals surface area contributed by atoms with Gasteiger partial charge in [0.15, 0.2) is 0 Å². The van der Waals surface area contributed by atoms with E-state index in [1.807, 2.05) is 29.2 Å². The highest BCUT2D eigenvalue weighted by Crippen LogP contribution is 2.21. The Morgan fingerprint density at radius 3 is 2.79 bits per heavy atom. The van der Waals surface area contributed by atoms with Crippen LogP contribution in [0.4, 0.5) is 0 Å². The molecule has 2 atom stereocenters. The van der Waals surface area contributed by atoms with Crippen LogP contribution in [0, 0.1) is 0 Å². The third-order valence-corrected chi connectivity index (χ3v) is 5.14. The Hall–Kier alpha value is -1.76. The van der Waals surface area contributed by atoms with Gasteiger partial charge in [-0.05, 0) is 56.3 Å². The topological polar surface area (TPSA) is 67.9 Å². The maximum absolute atomic E-state index is 12.9. The molecule has 6 heteroatoms. The second-order valence-electron chi connectivity index (χ2n) is 7.31. The number of carbonyl (C=O) groups excluding carboxylic acids is 2. The number of carbonyl (C=O) groups is 2. The first-order chi connectivity index (χ1) is 13.7. The van der Waals surface area contributed by atoms with Gasteiger partial charge in [-0.1, -0.05) is 31.9 Å². The number of piperidine rings is 1. The number of ether oxygens (including phenoxy) is 2.